The predicted molar refractivity (Wildman–Crippen MR) is 101 cm³/mol. The molecule has 4 nitrogen and oxygen atoms in total. The number of ether oxygens (including phenoxy) is 2. The van der Waals surface area contributed by atoms with E-state index in [2.05, 4.69) is 23.3 Å². The standard InChI is InChI=1S/C19H28N2O2S/c1-21(19(24)20-16-11-14-4-6-15(16)10-14)9-8-13-5-7-17(22-2)18(12-13)23-3/h5,7,12,14-16H,4,6,8-11H2,1-3H3,(H,20,24)/t14-,15+,16+/m0/s1. The van der Waals surface area contributed by atoms with Crippen LogP contribution < -0.4 is 14.8 Å². The molecule has 1 aromatic carbocycles. The lowest BCUT2D eigenvalue weighted by Gasteiger charge is -2.28. The van der Waals surface area contributed by atoms with Crippen molar-refractivity contribution in [2.24, 2.45) is 11.8 Å². The van der Waals surface area contributed by atoms with Gasteiger partial charge in [0.2, 0.25) is 0 Å². The largest absolute Gasteiger partial charge is 0.493 e. The summed E-state index contributed by atoms with van der Waals surface area (Å²) in [5.41, 5.74) is 1.22. The fourth-order valence-electron chi connectivity index (χ4n) is 4.12. The van der Waals surface area contributed by atoms with Crippen LogP contribution in [0.4, 0.5) is 0 Å². The van der Waals surface area contributed by atoms with Crippen LogP contribution in [0, 0.1) is 11.8 Å². The minimum absolute atomic E-state index is 0.597. The highest BCUT2D eigenvalue weighted by Crippen LogP contribution is 2.44. The molecule has 0 heterocycles. The van der Waals surface area contributed by atoms with E-state index in [1.807, 2.05) is 12.1 Å². The minimum Gasteiger partial charge on any atom is -0.493 e. The first-order valence-electron chi connectivity index (χ1n) is 8.83. The van der Waals surface area contributed by atoms with Crippen LogP contribution in [0.3, 0.4) is 0 Å². The number of rotatable bonds is 6. The summed E-state index contributed by atoms with van der Waals surface area (Å²) in [4.78, 5) is 2.15. The van der Waals surface area contributed by atoms with Gasteiger partial charge >= 0.3 is 0 Å². The molecule has 0 aromatic heterocycles. The maximum absolute atomic E-state index is 5.60. The van der Waals surface area contributed by atoms with E-state index in [9.17, 15) is 0 Å². The second kappa shape index (κ2) is 7.60. The number of likely N-dealkylation sites (N-methyl/N-ethyl adjacent to an activating group) is 1. The molecule has 2 fully saturated rings. The molecule has 0 saturated heterocycles. The Morgan fingerprint density at radius 3 is 2.62 bits per heavy atom. The second-order valence-corrected chi connectivity index (χ2v) is 7.48. The Kier molecular flexibility index (Phi) is 5.49. The Hall–Kier alpha value is -1.49. The molecular weight excluding hydrogens is 320 g/mol. The van der Waals surface area contributed by atoms with E-state index in [4.69, 9.17) is 21.7 Å². The molecule has 3 atom stereocenters. The van der Waals surface area contributed by atoms with Gasteiger partial charge in [0.05, 0.1) is 14.2 Å². The van der Waals surface area contributed by atoms with Crippen LogP contribution in [0.15, 0.2) is 18.2 Å². The molecule has 0 aliphatic heterocycles. The SMILES string of the molecule is COc1ccc(CCN(C)C(=S)N[C@@H]2C[C@H]3CC[C@@H]2C3)cc1OC. The van der Waals surface area contributed by atoms with Gasteiger partial charge in [-0.3, -0.25) is 0 Å². The normalized spacial score (nSPS) is 24.7. The Morgan fingerprint density at radius 2 is 2.00 bits per heavy atom. The molecule has 5 heteroatoms. The molecule has 132 valence electrons. The molecule has 0 unspecified atom stereocenters. The maximum atomic E-state index is 5.60. The van der Waals surface area contributed by atoms with Crippen LogP contribution >= 0.6 is 12.2 Å². The molecule has 1 aromatic rings. The van der Waals surface area contributed by atoms with Gasteiger partial charge in [-0.05, 0) is 67.4 Å². The summed E-state index contributed by atoms with van der Waals surface area (Å²) in [6.45, 7) is 0.891. The lowest BCUT2D eigenvalue weighted by molar-refractivity contribution is 0.354. The van der Waals surface area contributed by atoms with E-state index in [1.54, 1.807) is 14.2 Å². The summed E-state index contributed by atoms with van der Waals surface area (Å²) in [6, 6.07) is 6.68. The second-order valence-electron chi connectivity index (χ2n) is 7.09. The minimum atomic E-state index is 0.597. The fourth-order valence-corrected chi connectivity index (χ4v) is 4.37. The summed E-state index contributed by atoms with van der Waals surface area (Å²) in [6.07, 6.45) is 6.42. The van der Waals surface area contributed by atoms with Gasteiger partial charge in [-0.15, -0.1) is 0 Å². The molecule has 2 bridgehead atoms. The van der Waals surface area contributed by atoms with Crippen molar-refractivity contribution in [2.45, 2.75) is 38.1 Å². The highest BCUT2D eigenvalue weighted by Gasteiger charge is 2.39. The Bertz CT molecular complexity index is 593. The van der Waals surface area contributed by atoms with Crippen LogP contribution in [-0.2, 0) is 6.42 Å². The number of hydrogen-bond acceptors (Lipinski definition) is 3. The van der Waals surface area contributed by atoms with Crippen LogP contribution in [-0.4, -0.2) is 43.9 Å². The molecule has 1 N–H and O–H groups in total. The summed E-state index contributed by atoms with van der Waals surface area (Å²) in [5, 5.41) is 4.48. The van der Waals surface area contributed by atoms with Gasteiger partial charge in [0.15, 0.2) is 16.6 Å². The first-order valence-corrected chi connectivity index (χ1v) is 9.24. The molecule has 3 rings (SSSR count). The molecule has 2 aliphatic carbocycles. The number of nitrogens with zero attached hydrogens (tertiary/aromatic N) is 1. The third-order valence-electron chi connectivity index (χ3n) is 5.58. The molecule has 2 saturated carbocycles. The number of fused-ring (bicyclic) bond motifs is 2. The van der Waals surface area contributed by atoms with Crippen molar-refractivity contribution in [3.8, 4) is 11.5 Å². The molecule has 2 aliphatic rings. The van der Waals surface area contributed by atoms with Crippen molar-refractivity contribution >= 4 is 17.3 Å². The summed E-state index contributed by atoms with van der Waals surface area (Å²) in [7, 11) is 5.40. The van der Waals surface area contributed by atoms with E-state index >= 15 is 0 Å². The molecular formula is C19H28N2O2S. The van der Waals surface area contributed by atoms with Gasteiger partial charge in [0.25, 0.3) is 0 Å². The topological polar surface area (TPSA) is 33.7 Å². The van der Waals surface area contributed by atoms with Crippen LogP contribution in [0.5, 0.6) is 11.5 Å². The van der Waals surface area contributed by atoms with Crippen molar-refractivity contribution in [3.05, 3.63) is 23.8 Å². The average molecular weight is 349 g/mol. The maximum Gasteiger partial charge on any atom is 0.168 e. The van der Waals surface area contributed by atoms with E-state index in [0.29, 0.717) is 6.04 Å². The summed E-state index contributed by atoms with van der Waals surface area (Å²) < 4.78 is 10.7. The van der Waals surface area contributed by atoms with Gasteiger partial charge in [-0.1, -0.05) is 12.5 Å². The summed E-state index contributed by atoms with van der Waals surface area (Å²) in [5.74, 6) is 3.32. The van der Waals surface area contributed by atoms with Gasteiger partial charge in [-0.25, -0.2) is 0 Å². The Morgan fingerprint density at radius 1 is 1.21 bits per heavy atom. The molecule has 0 spiro atoms. The van der Waals surface area contributed by atoms with Crippen molar-refractivity contribution < 1.29 is 9.47 Å². The van der Waals surface area contributed by atoms with Gasteiger partial charge in [-0.2, -0.15) is 0 Å². The number of thiocarbonyl (C=S) groups is 1. The van der Waals surface area contributed by atoms with Crippen molar-refractivity contribution in [2.75, 3.05) is 27.8 Å². The Labute approximate surface area is 150 Å². The predicted octanol–water partition coefficient (Wildman–Crippen LogP) is 3.24. The summed E-state index contributed by atoms with van der Waals surface area (Å²) >= 11 is 5.60. The first-order chi connectivity index (χ1) is 11.6. The van der Waals surface area contributed by atoms with E-state index in [1.165, 1.54) is 31.2 Å². The monoisotopic (exact) mass is 348 g/mol. The molecule has 0 amide bonds. The Balaban J connectivity index is 1.49. The first kappa shape index (κ1) is 17.3. The number of nitrogens with one attached hydrogen (secondary N) is 1. The van der Waals surface area contributed by atoms with Crippen molar-refractivity contribution in [1.29, 1.82) is 0 Å². The highest BCUT2D eigenvalue weighted by molar-refractivity contribution is 7.80. The number of benzene rings is 1. The van der Waals surface area contributed by atoms with Crippen molar-refractivity contribution in [3.63, 3.8) is 0 Å². The lowest BCUT2D eigenvalue weighted by atomic mass is 9.95. The number of methoxy groups -OCH3 is 2. The van der Waals surface area contributed by atoms with Gasteiger partial charge < -0.3 is 19.7 Å². The van der Waals surface area contributed by atoms with Crippen LogP contribution in [0.25, 0.3) is 0 Å². The van der Waals surface area contributed by atoms with Crippen LogP contribution in [0.1, 0.15) is 31.2 Å². The third kappa shape index (κ3) is 3.77. The fraction of sp³-hybridized carbons (Fsp3) is 0.632. The zero-order valence-electron chi connectivity index (χ0n) is 14.9. The van der Waals surface area contributed by atoms with E-state index in [-0.39, 0.29) is 0 Å². The smallest absolute Gasteiger partial charge is 0.168 e. The number of hydrogen-bond donors (Lipinski definition) is 1. The zero-order chi connectivity index (χ0) is 17.1. The van der Waals surface area contributed by atoms with Crippen molar-refractivity contribution in [1.82, 2.24) is 10.2 Å². The lowest BCUT2D eigenvalue weighted by Crippen LogP contribution is -2.45. The zero-order valence-corrected chi connectivity index (χ0v) is 15.7. The van der Waals surface area contributed by atoms with Gasteiger partial charge in [0.1, 0.15) is 0 Å². The highest BCUT2D eigenvalue weighted by atomic mass is 32.1. The van der Waals surface area contributed by atoms with Gasteiger partial charge in [0, 0.05) is 19.6 Å². The molecule has 24 heavy (non-hydrogen) atoms. The molecule has 0 radical (unpaired) electrons. The third-order valence-corrected chi connectivity index (χ3v) is 6.01. The average Bonchev–Trinajstić information content (AvgIpc) is 3.22. The quantitative estimate of drug-likeness (QED) is 0.798. The van der Waals surface area contributed by atoms with E-state index < -0.39 is 0 Å². The van der Waals surface area contributed by atoms with E-state index in [0.717, 1.165) is 41.4 Å². The van der Waals surface area contributed by atoms with Crippen LogP contribution in [0.2, 0.25) is 0 Å².